The largest absolute Gasteiger partial charge is 0.276 e. The predicted octanol–water partition coefficient (Wildman–Crippen LogP) is 3.56. The van der Waals surface area contributed by atoms with Crippen LogP contribution >= 0.6 is 0 Å². The van der Waals surface area contributed by atoms with Crippen LogP contribution in [-0.2, 0) is 17.6 Å². The SMILES string of the molecule is CC/C(C)=N\N(C=O)c1ccc(CC)c(CC)c1. The Hall–Kier alpha value is -1.64. The first-order valence-electron chi connectivity index (χ1n) is 6.56. The van der Waals surface area contributed by atoms with Crippen LogP contribution in [0.15, 0.2) is 23.3 Å². The van der Waals surface area contributed by atoms with Gasteiger partial charge in [-0.2, -0.15) is 5.10 Å². The first-order chi connectivity index (χ1) is 8.65. The van der Waals surface area contributed by atoms with Gasteiger partial charge in [-0.3, -0.25) is 4.79 Å². The van der Waals surface area contributed by atoms with Crippen molar-refractivity contribution in [3.63, 3.8) is 0 Å². The van der Waals surface area contributed by atoms with Crippen LogP contribution in [0.2, 0.25) is 0 Å². The van der Waals surface area contributed by atoms with E-state index in [0.29, 0.717) is 0 Å². The smallest absolute Gasteiger partial charge is 0.234 e. The number of anilines is 1. The number of carbonyl (C=O) groups excluding carboxylic acids is 1. The molecule has 0 saturated heterocycles. The maximum Gasteiger partial charge on any atom is 0.234 e. The molecule has 18 heavy (non-hydrogen) atoms. The lowest BCUT2D eigenvalue weighted by Gasteiger charge is -2.15. The number of hydrogen-bond donors (Lipinski definition) is 0. The van der Waals surface area contributed by atoms with Gasteiger partial charge in [-0.05, 0) is 49.4 Å². The molecule has 0 heterocycles. The minimum absolute atomic E-state index is 0.763. The molecule has 0 unspecified atom stereocenters. The summed E-state index contributed by atoms with van der Waals surface area (Å²) in [6, 6.07) is 6.10. The van der Waals surface area contributed by atoms with Crippen molar-refractivity contribution in [3.8, 4) is 0 Å². The predicted molar refractivity (Wildman–Crippen MR) is 77.1 cm³/mol. The topological polar surface area (TPSA) is 32.7 Å². The summed E-state index contributed by atoms with van der Waals surface area (Å²) in [4.78, 5) is 11.1. The molecule has 0 fully saturated rings. The van der Waals surface area contributed by atoms with Crippen molar-refractivity contribution in [2.75, 3.05) is 5.01 Å². The van der Waals surface area contributed by atoms with Crippen LogP contribution in [0.3, 0.4) is 0 Å². The molecular formula is C15H22N2O. The summed E-state index contributed by atoms with van der Waals surface area (Å²) < 4.78 is 0. The molecule has 0 aliphatic heterocycles. The van der Waals surface area contributed by atoms with E-state index in [-0.39, 0.29) is 0 Å². The number of amides is 1. The number of hydrazone groups is 1. The molecule has 0 N–H and O–H groups in total. The van der Waals surface area contributed by atoms with Crippen molar-refractivity contribution in [2.24, 2.45) is 5.10 Å². The molecular weight excluding hydrogens is 224 g/mol. The molecule has 0 aliphatic carbocycles. The van der Waals surface area contributed by atoms with Gasteiger partial charge in [-0.1, -0.05) is 26.8 Å². The molecule has 0 saturated carbocycles. The van der Waals surface area contributed by atoms with Crippen LogP contribution in [-0.4, -0.2) is 12.1 Å². The summed E-state index contributed by atoms with van der Waals surface area (Å²) in [5.41, 5.74) is 4.40. The molecule has 3 nitrogen and oxygen atoms in total. The third kappa shape index (κ3) is 3.42. The van der Waals surface area contributed by atoms with E-state index in [1.54, 1.807) is 0 Å². The van der Waals surface area contributed by atoms with E-state index in [0.717, 1.165) is 37.1 Å². The summed E-state index contributed by atoms with van der Waals surface area (Å²) in [7, 11) is 0. The van der Waals surface area contributed by atoms with E-state index in [9.17, 15) is 4.79 Å². The van der Waals surface area contributed by atoms with E-state index < -0.39 is 0 Å². The van der Waals surface area contributed by atoms with Crippen LogP contribution in [0.5, 0.6) is 0 Å². The van der Waals surface area contributed by atoms with Crippen molar-refractivity contribution in [1.29, 1.82) is 0 Å². The minimum Gasteiger partial charge on any atom is -0.276 e. The summed E-state index contributed by atoms with van der Waals surface area (Å²) in [6.45, 7) is 8.23. The second-order valence-electron chi connectivity index (χ2n) is 4.30. The molecule has 1 rings (SSSR count). The van der Waals surface area contributed by atoms with Crippen LogP contribution in [0.1, 0.15) is 45.2 Å². The number of aryl methyl sites for hydroxylation is 2. The van der Waals surface area contributed by atoms with Crippen molar-refractivity contribution < 1.29 is 4.79 Å². The van der Waals surface area contributed by atoms with Crippen LogP contribution < -0.4 is 5.01 Å². The molecule has 1 amide bonds. The summed E-state index contributed by atoms with van der Waals surface area (Å²) in [5, 5.41) is 5.71. The van der Waals surface area contributed by atoms with Crippen molar-refractivity contribution in [2.45, 2.75) is 47.0 Å². The number of rotatable bonds is 6. The fourth-order valence-electron chi connectivity index (χ4n) is 1.83. The van der Waals surface area contributed by atoms with Crippen LogP contribution in [0.25, 0.3) is 0 Å². The molecule has 0 aliphatic rings. The summed E-state index contributed by atoms with van der Waals surface area (Å²) in [5.74, 6) is 0. The Morgan fingerprint density at radius 2 is 1.89 bits per heavy atom. The minimum atomic E-state index is 0.763. The molecule has 1 aromatic rings. The first kappa shape index (κ1) is 14.4. The Bertz CT molecular complexity index is 438. The lowest BCUT2D eigenvalue weighted by molar-refractivity contribution is -0.107. The van der Waals surface area contributed by atoms with E-state index >= 15 is 0 Å². The van der Waals surface area contributed by atoms with Gasteiger partial charge in [-0.15, -0.1) is 0 Å². The van der Waals surface area contributed by atoms with Gasteiger partial charge in [0.1, 0.15) is 0 Å². The van der Waals surface area contributed by atoms with Crippen molar-refractivity contribution in [1.82, 2.24) is 0 Å². The zero-order valence-corrected chi connectivity index (χ0v) is 11.7. The fraction of sp³-hybridized carbons (Fsp3) is 0.467. The van der Waals surface area contributed by atoms with E-state index in [1.807, 2.05) is 19.9 Å². The third-order valence-corrected chi connectivity index (χ3v) is 3.11. The van der Waals surface area contributed by atoms with Gasteiger partial charge in [0.05, 0.1) is 5.69 Å². The van der Waals surface area contributed by atoms with Gasteiger partial charge < -0.3 is 0 Å². The molecule has 0 atom stereocenters. The highest BCUT2D eigenvalue weighted by Crippen LogP contribution is 2.20. The molecule has 0 radical (unpaired) electrons. The molecule has 0 spiro atoms. The average molecular weight is 246 g/mol. The normalized spacial score (nSPS) is 11.4. The van der Waals surface area contributed by atoms with Crippen LogP contribution in [0.4, 0.5) is 5.69 Å². The highest BCUT2D eigenvalue weighted by atomic mass is 16.1. The Balaban J connectivity index is 3.11. The van der Waals surface area contributed by atoms with Gasteiger partial charge in [0.15, 0.2) is 0 Å². The Labute approximate surface area is 110 Å². The molecule has 0 bridgehead atoms. The number of nitrogens with zero attached hydrogens (tertiary/aromatic N) is 2. The Morgan fingerprint density at radius 3 is 2.39 bits per heavy atom. The highest BCUT2D eigenvalue weighted by Gasteiger charge is 2.07. The first-order valence-corrected chi connectivity index (χ1v) is 6.56. The van der Waals surface area contributed by atoms with Gasteiger partial charge >= 0.3 is 0 Å². The second kappa shape index (κ2) is 6.94. The number of benzene rings is 1. The zero-order valence-electron chi connectivity index (χ0n) is 11.7. The van der Waals surface area contributed by atoms with Gasteiger partial charge in [0.25, 0.3) is 0 Å². The Kier molecular flexibility index (Phi) is 5.56. The molecule has 0 aromatic heterocycles. The lowest BCUT2D eigenvalue weighted by atomic mass is 10.0. The van der Waals surface area contributed by atoms with Crippen molar-refractivity contribution >= 4 is 17.8 Å². The summed E-state index contributed by atoms with van der Waals surface area (Å²) >= 11 is 0. The maximum absolute atomic E-state index is 11.1. The quantitative estimate of drug-likeness (QED) is 0.429. The summed E-state index contributed by atoms with van der Waals surface area (Å²) in [6.07, 6.45) is 3.60. The van der Waals surface area contributed by atoms with Gasteiger partial charge in [-0.25, -0.2) is 5.01 Å². The average Bonchev–Trinajstić information content (AvgIpc) is 2.43. The fourth-order valence-corrected chi connectivity index (χ4v) is 1.83. The van der Waals surface area contributed by atoms with E-state index in [2.05, 4.69) is 31.1 Å². The number of hydrogen-bond acceptors (Lipinski definition) is 2. The standard InChI is InChI=1S/C15H22N2O/c1-5-12(4)16-17(11-18)15-9-8-13(6-2)14(7-3)10-15/h8-11H,5-7H2,1-4H3/b16-12-. The number of carbonyl (C=O) groups is 1. The second-order valence-corrected chi connectivity index (χ2v) is 4.30. The van der Waals surface area contributed by atoms with Gasteiger partial charge in [0.2, 0.25) is 6.41 Å². The molecule has 1 aromatic carbocycles. The van der Waals surface area contributed by atoms with Crippen molar-refractivity contribution in [3.05, 3.63) is 29.3 Å². The molecule has 98 valence electrons. The zero-order chi connectivity index (χ0) is 13.5. The van der Waals surface area contributed by atoms with E-state index in [4.69, 9.17) is 0 Å². The Morgan fingerprint density at radius 1 is 1.22 bits per heavy atom. The highest BCUT2D eigenvalue weighted by molar-refractivity contribution is 5.86. The monoisotopic (exact) mass is 246 g/mol. The third-order valence-electron chi connectivity index (χ3n) is 3.11. The lowest BCUT2D eigenvalue weighted by Crippen LogP contribution is -2.16. The maximum atomic E-state index is 11.1. The van der Waals surface area contributed by atoms with E-state index in [1.165, 1.54) is 16.1 Å². The van der Waals surface area contributed by atoms with Crippen LogP contribution in [0, 0.1) is 0 Å². The van der Waals surface area contributed by atoms with Gasteiger partial charge in [0, 0.05) is 5.71 Å². The molecule has 3 heteroatoms.